The molecule has 0 spiro atoms. The van der Waals surface area contributed by atoms with Gasteiger partial charge in [-0.25, -0.2) is 14.2 Å². The summed E-state index contributed by atoms with van der Waals surface area (Å²) in [6, 6.07) is 12.0. The van der Waals surface area contributed by atoms with Crippen molar-refractivity contribution in [1.82, 2.24) is 25.9 Å². The second-order valence-corrected chi connectivity index (χ2v) is 10.2. The van der Waals surface area contributed by atoms with Crippen molar-refractivity contribution in [3.8, 4) is 11.1 Å². The lowest BCUT2D eigenvalue weighted by Crippen LogP contribution is -2.58. The van der Waals surface area contributed by atoms with Gasteiger partial charge >= 0.3 is 5.97 Å². The van der Waals surface area contributed by atoms with Crippen molar-refractivity contribution in [2.75, 3.05) is 43.4 Å². The zero-order valence-corrected chi connectivity index (χ0v) is 24.3. The second kappa shape index (κ2) is 15.2. The second-order valence-electron chi connectivity index (χ2n) is 9.76. The van der Waals surface area contributed by atoms with Crippen LogP contribution in [-0.4, -0.2) is 66.7 Å². The van der Waals surface area contributed by atoms with Crippen molar-refractivity contribution in [3.63, 3.8) is 0 Å². The molecule has 0 saturated carbocycles. The minimum absolute atomic E-state index is 0.0153. The summed E-state index contributed by atoms with van der Waals surface area (Å²) in [6.07, 6.45) is 5.41. The number of amides is 1. The van der Waals surface area contributed by atoms with E-state index in [1.165, 1.54) is 18.2 Å². The number of carbonyl (C=O) groups excluding carboxylic acids is 2. The molecule has 2 unspecified atom stereocenters. The molecule has 2 atom stereocenters. The highest BCUT2D eigenvalue weighted by molar-refractivity contribution is 6.31. The SMILES string of the molecule is CCOC(=O)C=Cc1cccc(-c2cnc(Nc3ccc(F)c(Cl)c3)nc2NCCCNC(=O)C2CNC(C)CN2)c1. The van der Waals surface area contributed by atoms with E-state index in [0.717, 1.165) is 23.2 Å². The first kappa shape index (κ1) is 30.9. The van der Waals surface area contributed by atoms with E-state index in [9.17, 15) is 14.0 Å². The molecule has 2 heterocycles. The molecule has 1 aliphatic heterocycles. The Morgan fingerprint density at radius 1 is 1.17 bits per heavy atom. The Labute approximate surface area is 249 Å². The van der Waals surface area contributed by atoms with E-state index in [4.69, 9.17) is 16.3 Å². The largest absolute Gasteiger partial charge is 0.463 e. The van der Waals surface area contributed by atoms with Crippen molar-refractivity contribution >= 4 is 47.0 Å². The number of anilines is 3. The van der Waals surface area contributed by atoms with Gasteiger partial charge in [0, 0.05) is 55.7 Å². The predicted molar refractivity (Wildman–Crippen MR) is 163 cm³/mol. The van der Waals surface area contributed by atoms with Crippen LogP contribution in [0, 0.1) is 5.82 Å². The molecular formula is C30H35ClFN7O3. The fraction of sp³-hybridized carbons (Fsp3) is 0.333. The van der Waals surface area contributed by atoms with Crippen molar-refractivity contribution in [3.05, 3.63) is 71.1 Å². The average molecular weight is 596 g/mol. The number of rotatable bonds is 12. The quantitative estimate of drug-likeness (QED) is 0.119. The third-order valence-electron chi connectivity index (χ3n) is 6.46. The fourth-order valence-electron chi connectivity index (χ4n) is 4.25. The number of carbonyl (C=O) groups is 2. The van der Waals surface area contributed by atoms with Gasteiger partial charge in [-0.3, -0.25) is 4.79 Å². The Kier molecular flexibility index (Phi) is 11.2. The zero-order chi connectivity index (χ0) is 29.9. The number of benzene rings is 2. The summed E-state index contributed by atoms with van der Waals surface area (Å²) in [7, 11) is 0. The lowest BCUT2D eigenvalue weighted by atomic mass is 10.0. The number of aromatic nitrogens is 2. The van der Waals surface area contributed by atoms with Crippen LogP contribution in [0.2, 0.25) is 5.02 Å². The van der Waals surface area contributed by atoms with Gasteiger partial charge in [-0.1, -0.05) is 29.8 Å². The van der Waals surface area contributed by atoms with Gasteiger partial charge in [0.15, 0.2) is 0 Å². The Morgan fingerprint density at radius 3 is 2.79 bits per heavy atom. The normalized spacial score (nSPS) is 16.7. The number of nitrogens with one attached hydrogen (secondary N) is 5. The first-order valence-electron chi connectivity index (χ1n) is 13.8. The molecule has 222 valence electrons. The van der Waals surface area contributed by atoms with Gasteiger partial charge in [0.2, 0.25) is 11.9 Å². The highest BCUT2D eigenvalue weighted by Gasteiger charge is 2.22. The smallest absolute Gasteiger partial charge is 0.330 e. The Hall–Kier alpha value is -4.06. The van der Waals surface area contributed by atoms with Gasteiger partial charge < -0.3 is 31.3 Å². The molecule has 3 aromatic rings. The van der Waals surface area contributed by atoms with E-state index in [2.05, 4.69) is 43.5 Å². The van der Waals surface area contributed by atoms with E-state index in [0.29, 0.717) is 56.2 Å². The summed E-state index contributed by atoms with van der Waals surface area (Å²) >= 11 is 5.93. The molecule has 0 bridgehead atoms. The van der Waals surface area contributed by atoms with E-state index < -0.39 is 11.8 Å². The molecule has 0 aliphatic carbocycles. The number of hydrogen-bond donors (Lipinski definition) is 5. The van der Waals surface area contributed by atoms with Gasteiger partial charge in [-0.05, 0) is 61.7 Å². The Morgan fingerprint density at radius 2 is 2.02 bits per heavy atom. The maximum Gasteiger partial charge on any atom is 0.330 e. The number of hydrogen-bond acceptors (Lipinski definition) is 9. The first-order chi connectivity index (χ1) is 20.3. The molecule has 0 radical (unpaired) electrons. The summed E-state index contributed by atoms with van der Waals surface area (Å²) in [6.45, 7) is 6.49. The van der Waals surface area contributed by atoms with Crippen LogP contribution >= 0.6 is 11.6 Å². The van der Waals surface area contributed by atoms with E-state index >= 15 is 0 Å². The standard InChI is InChI=1S/C30H35ClFN7O3/c1-3-42-27(40)11-8-20-6-4-7-21(14-20)23-17-37-30(38-22-9-10-25(32)24(31)15-22)39-28(23)33-12-5-13-34-29(41)26-18-35-19(2)16-36-26/h4,6-11,14-15,17,19,26,35-36H,3,5,12-13,16,18H2,1-2H3,(H,34,41)(H2,33,37,38,39). The highest BCUT2D eigenvalue weighted by atomic mass is 35.5. The Balaban J connectivity index is 1.47. The van der Waals surface area contributed by atoms with Crippen LogP contribution < -0.4 is 26.6 Å². The molecule has 10 nitrogen and oxygen atoms in total. The summed E-state index contributed by atoms with van der Waals surface area (Å²) in [5.74, 6) is -0.113. The van der Waals surface area contributed by atoms with E-state index in [1.54, 1.807) is 25.3 Å². The van der Waals surface area contributed by atoms with Crippen LogP contribution in [0.1, 0.15) is 25.8 Å². The number of halogens is 2. The average Bonchev–Trinajstić information content (AvgIpc) is 2.98. The van der Waals surface area contributed by atoms with Crippen LogP contribution in [0.4, 0.5) is 21.8 Å². The maximum atomic E-state index is 13.6. The minimum atomic E-state index is -0.519. The predicted octanol–water partition coefficient (Wildman–Crippen LogP) is 4.12. The Bertz CT molecular complexity index is 1410. The molecule has 1 aliphatic rings. The van der Waals surface area contributed by atoms with Gasteiger partial charge in [0.1, 0.15) is 11.6 Å². The topological polar surface area (TPSA) is 129 Å². The molecule has 1 amide bonds. The summed E-state index contributed by atoms with van der Waals surface area (Å²) in [5, 5.41) is 15.9. The number of esters is 1. The van der Waals surface area contributed by atoms with Crippen molar-refractivity contribution in [2.45, 2.75) is 32.4 Å². The number of ether oxygens (including phenoxy) is 1. The van der Waals surface area contributed by atoms with Gasteiger partial charge in [-0.2, -0.15) is 4.98 Å². The molecule has 12 heteroatoms. The minimum Gasteiger partial charge on any atom is -0.463 e. The maximum absolute atomic E-state index is 13.6. The van der Waals surface area contributed by atoms with Crippen LogP contribution in [0.25, 0.3) is 17.2 Å². The summed E-state index contributed by atoms with van der Waals surface area (Å²) < 4.78 is 18.6. The van der Waals surface area contributed by atoms with Crippen molar-refractivity contribution in [2.24, 2.45) is 0 Å². The summed E-state index contributed by atoms with van der Waals surface area (Å²) in [4.78, 5) is 33.4. The summed E-state index contributed by atoms with van der Waals surface area (Å²) in [5.41, 5.74) is 2.91. The van der Waals surface area contributed by atoms with Crippen molar-refractivity contribution < 1.29 is 18.7 Å². The molecule has 1 saturated heterocycles. The van der Waals surface area contributed by atoms with Crippen LogP contribution in [0.5, 0.6) is 0 Å². The van der Waals surface area contributed by atoms with Crippen LogP contribution in [-0.2, 0) is 14.3 Å². The van der Waals surface area contributed by atoms with Gasteiger partial charge in [-0.15, -0.1) is 0 Å². The van der Waals surface area contributed by atoms with E-state index in [-0.39, 0.29) is 17.0 Å². The molecule has 4 rings (SSSR count). The number of nitrogens with zero attached hydrogens (tertiary/aromatic N) is 2. The monoisotopic (exact) mass is 595 g/mol. The molecule has 5 N–H and O–H groups in total. The molecule has 42 heavy (non-hydrogen) atoms. The van der Waals surface area contributed by atoms with Crippen molar-refractivity contribution in [1.29, 1.82) is 0 Å². The molecular weight excluding hydrogens is 561 g/mol. The highest BCUT2D eigenvalue weighted by Crippen LogP contribution is 2.29. The zero-order valence-electron chi connectivity index (χ0n) is 23.5. The molecule has 1 fully saturated rings. The third kappa shape index (κ3) is 8.97. The van der Waals surface area contributed by atoms with Gasteiger partial charge in [0.25, 0.3) is 0 Å². The lowest BCUT2D eigenvalue weighted by molar-refractivity contribution is -0.137. The van der Waals surface area contributed by atoms with Crippen LogP contribution in [0.3, 0.4) is 0 Å². The fourth-order valence-corrected chi connectivity index (χ4v) is 4.43. The molecule has 1 aromatic heterocycles. The molecule has 2 aromatic carbocycles. The van der Waals surface area contributed by atoms with E-state index in [1.807, 2.05) is 24.3 Å². The first-order valence-corrected chi connectivity index (χ1v) is 14.2. The van der Waals surface area contributed by atoms with Gasteiger partial charge in [0.05, 0.1) is 17.7 Å². The lowest BCUT2D eigenvalue weighted by Gasteiger charge is -2.28. The number of piperazine rings is 1. The third-order valence-corrected chi connectivity index (χ3v) is 6.75. The van der Waals surface area contributed by atoms with Crippen LogP contribution in [0.15, 0.2) is 54.7 Å².